The predicted octanol–water partition coefficient (Wildman–Crippen LogP) is 3.50. The molecule has 0 heterocycles. The molecule has 0 aliphatic heterocycles. The van der Waals surface area contributed by atoms with E-state index in [1.54, 1.807) is 12.1 Å². The first-order valence-electron chi connectivity index (χ1n) is 7.36. The Bertz CT molecular complexity index is 605. The second kappa shape index (κ2) is 16.2. The number of nitrogens with two attached hydrogens (primary N) is 1. The normalized spacial score (nSPS) is 8.63. The first kappa shape index (κ1) is 27.3. The van der Waals surface area contributed by atoms with Crippen LogP contribution in [0.4, 0.5) is 0 Å². The number of Topliss-reactive ketones (excluding diaryl/α,β-unsaturated/α-hetero) is 1. The molecule has 1 amide bonds. The van der Waals surface area contributed by atoms with Gasteiger partial charge in [-0.2, -0.15) is 0 Å². The molecule has 0 atom stereocenters. The quantitative estimate of drug-likeness (QED) is 0.547. The van der Waals surface area contributed by atoms with E-state index in [2.05, 4.69) is 31.9 Å². The third-order valence-electron chi connectivity index (χ3n) is 2.45. The molecular weight excluding hydrogens is 484 g/mol. The van der Waals surface area contributed by atoms with Gasteiger partial charge in [0, 0.05) is 16.1 Å². The third kappa shape index (κ3) is 14.9. The lowest BCUT2D eigenvalue weighted by Crippen LogP contribution is -2.19. The summed E-state index contributed by atoms with van der Waals surface area (Å²) in [5.74, 6) is 0.904. The average Bonchev–Trinajstić information content (AvgIpc) is 2.63. The lowest BCUT2D eigenvalue weighted by molar-refractivity contribution is -0.120. The fourth-order valence-electron chi connectivity index (χ4n) is 1.40. The molecule has 0 unspecified atom stereocenters. The summed E-state index contributed by atoms with van der Waals surface area (Å²) < 4.78 is 12.1. The minimum Gasteiger partial charge on any atom is -0.486 e. The van der Waals surface area contributed by atoms with Gasteiger partial charge in [0.25, 0.3) is 5.91 Å². The van der Waals surface area contributed by atoms with Crippen molar-refractivity contribution in [3.05, 3.63) is 57.5 Å². The average molecular weight is 508 g/mol. The minimum absolute atomic E-state index is 0. The van der Waals surface area contributed by atoms with Gasteiger partial charge in [-0.05, 0) is 55.5 Å². The molecule has 0 spiro atoms. The molecular formula is C18H24Br2N2O5. The lowest BCUT2D eigenvalue weighted by atomic mass is 10.3. The fraction of sp³-hybridized carbons (Fsp3) is 0.222. The molecule has 7 nitrogen and oxygen atoms in total. The van der Waals surface area contributed by atoms with E-state index in [4.69, 9.17) is 20.3 Å². The molecule has 9 heteroatoms. The summed E-state index contributed by atoms with van der Waals surface area (Å²) in [7, 11) is 1.00. The number of benzene rings is 2. The van der Waals surface area contributed by atoms with Crippen LogP contribution in [-0.2, 0) is 9.59 Å². The zero-order chi connectivity index (χ0) is 19.9. The van der Waals surface area contributed by atoms with E-state index in [0.29, 0.717) is 11.5 Å². The maximum absolute atomic E-state index is 10.5. The van der Waals surface area contributed by atoms with Crippen molar-refractivity contribution in [3.63, 3.8) is 0 Å². The number of rotatable bonds is 6. The largest absolute Gasteiger partial charge is 0.486 e. The highest BCUT2D eigenvalue weighted by molar-refractivity contribution is 9.10. The number of ether oxygens (including phenoxy) is 2. The van der Waals surface area contributed by atoms with Gasteiger partial charge in [-0.3, -0.25) is 9.59 Å². The van der Waals surface area contributed by atoms with Gasteiger partial charge in [-0.15, -0.1) is 0 Å². The van der Waals surface area contributed by atoms with Gasteiger partial charge >= 0.3 is 0 Å². The topological polar surface area (TPSA) is 134 Å². The Morgan fingerprint density at radius 2 is 1.19 bits per heavy atom. The van der Waals surface area contributed by atoms with Crippen molar-refractivity contribution in [2.24, 2.45) is 5.73 Å². The Kier molecular flexibility index (Phi) is 16.4. The molecule has 27 heavy (non-hydrogen) atoms. The van der Waals surface area contributed by atoms with Crippen molar-refractivity contribution in [1.82, 2.24) is 6.15 Å². The summed E-state index contributed by atoms with van der Waals surface area (Å²) >= 11 is 6.58. The third-order valence-corrected chi connectivity index (χ3v) is 3.51. The summed E-state index contributed by atoms with van der Waals surface area (Å²) in [5.41, 5.74) is 4.90. The molecule has 0 aliphatic carbocycles. The van der Waals surface area contributed by atoms with Crippen molar-refractivity contribution >= 4 is 43.6 Å². The van der Waals surface area contributed by atoms with Crippen LogP contribution in [0.1, 0.15) is 6.92 Å². The number of aliphatic hydroxyl groups is 1. The van der Waals surface area contributed by atoms with Crippen molar-refractivity contribution < 1.29 is 24.2 Å². The Hall–Kier alpha value is -1.94. The van der Waals surface area contributed by atoms with Crippen LogP contribution in [0.15, 0.2) is 57.5 Å². The van der Waals surface area contributed by atoms with E-state index in [1.165, 1.54) is 6.92 Å². The lowest BCUT2D eigenvalue weighted by Gasteiger charge is -2.02. The highest BCUT2D eigenvalue weighted by atomic mass is 79.9. The van der Waals surface area contributed by atoms with Crippen LogP contribution in [0.2, 0.25) is 0 Å². The summed E-state index contributed by atoms with van der Waals surface area (Å²) in [6.45, 7) is 1.56. The number of hydrogen-bond donors (Lipinski definition) is 3. The summed E-state index contributed by atoms with van der Waals surface area (Å²) in [4.78, 5) is 20.9. The molecule has 150 valence electrons. The Morgan fingerprint density at radius 1 is 0.852 bits per heavy atom. The number of primary amides is 1. The zero-order valence-electron chi connectivity index (χ0n) is 15.2. The molecule has 0 radical (unpaired) electrons. The molecule has 0 fully saturated rings. The zero-order valence-corrected chi connectivity index (χ0v) is 18.3. The standard InChI is InChI=1S/C9H9BrO2.C8H8BrNO2.CH4O.H3N/c1-7(11)6-12-9-4-2-8(10)3-5-9;9-6-1-3-7(4-2-6)12-5-8(10)11;1-2;/h2-5H,6H2,1H3;1-4H,5H2,(H2,10,11);2H,1H3;1H3. The van der Waals surface area contributed by atoms with E-state index in [1.807, 2.05) is 36.4 Å². The SMILES string of the molecule is CC(=O)COc1ccc(Br)cc1.CO.N.NC(=O)COc1ccc(Br)cc1. The molecule has 0 aromatic heterocycles. The fourth-order valence-corrected chi connectivity index (χ4v) is 1.93. The Balaban J connectivity index is 0. The molecule has 0 saturated heterocycles. The van der Waals surface area contributed by atoms with Gasteiger partial charge in [0.05, 0.1) is 0 Å². The highest BCUT2D eigenvalue weighted by Crippen LogP contribution is 2.16. The molecule has 0 aliphatic rings. The van der Waals surface area contributed by atoms with Crippen LogP contribution in [0.3, 0.4) is 0 Å². The summed E-state index contributed by atoms with van der Waals surface area (Å²) in [5, 5.41) is 7.00. The van der Waals surface area contributed by atoms with E-state index < -0.39 is 5.91 Å². The van der Waals surface area contributed by atoms with E-state index >= 15 is 0 Å². The van der Waals surface area contributed by atoms with Crippen LogP contribution in [0.25, 0.3) is 0 Å². The number of carbonyl (C=O) groups excluding carboxylic acids is 2. The van der Waals surface area contributed by atoms with Crippen molar-refractivity contribution in [2.75, 3.05) is 20.3 Å². The van der Waals surface area contributed by atoms with Crippen LogP contribution in [-0.4, -0.2) is 37.1 Å². The van der Waals surface area contributed by atoms with Crippen LogP contribution >= 0.6 is 31.9 Å². The number of amides is 1. The summed E-state index contributed by atoms with van der Waals surface area (Å²) in [6.07, 6.45) is 0. The molecule has 0 saturated carbocycles. The van der Waals surface area contributed by atoms with E-state index in [9.17, 15) is 9.59 Å². The van der Waals surface area contributed by atoms with Gasteiger partial charge in [0.2, 0.25) is 0 Å². The highest BCUT2D eigenvalue weighted by Gasteiger charge is 1.96. The smallest absolute Gasteiger partial charge is 0.255 e. The van der Waals surface area contributed by atoms with Gasteiger partial charge in [0.1, 0.15) is 18.1 Å². The number of carbonyl (C=O) groups is 2. The molecule has 0 bridgehead atoms. The predicted molar refractivity (Wildman–Crippen MR) is 112 cm³/mol. The van der Waals surface area contributed by atoms with Gasteiger partial charge in [-0.1, -0.05) is 31.9 Å². The van der Waals surface area contributed by atoms with Gasteiger partial charge in [-0.25, -0.2) is 0 Å². The van der Waals surface area contributed by atoms with E-state index in [0.717, 1.165) is 16.1 Å². The Morgan fingerprint density at radius 3 is 1.48 bits per heavy atom. The van der Waals surface area contributed by atoms with Crippen LogP contribution in [0, 0.1) is 0 Å². The molecule has 2 aromatic rings. The summed E-state index contributed by atoms with van der Waals surface area (Å²) in [6, 6.07) is 14.5. The molecule has 2 aromatic carbocycles. The monoisotopic (exact) mass is 506 g/mol. The van der Waals surface area contributed by atoms with Crippen molar-refractivity contribution in [2.45, 2.75) is 6.92 Å². The minimum atomic E-state index is -0.474. The van der Waals surface area contributed by atoms with Gasteiger partial charge in [0.15, 0.2) is 12.4 Å². The molecule has 2 rings (SSSR count). The number of aliphatic hydroxyl groups excluding tert-OH is 1. The van der Waals surface area contributed by atoms with Crippen molar-refractivity contribution in [1.29, 1.82) is 0 Å². The molecule has 6 N–H and O–H groups in total. The van der Waals surface area contributed by atoms with Crippen LogP contribution in [0.5, 0.6) is 11.5 Å². The second-order valence-corrected chi connectivity index (χ2v) is 6.48. The van der Waals surface area contributed by atoms with Crippen molar-refractivity contribution in [3.8, 4) is 11.5 Å². The van der Waals surface area contributed by atoms with Gasteiger partial charge < -0.3 is 26.5 Å². The number of ketones is 1. The maximum Gasteiger partial charge on any atom is 0.255 e. The number of hydrogen-bond acceptors (Lipinski definition) is 6. The first-order valence-corrected chi connectivity index (χ1v) is 8.94. The van der Waals surface area contributed by atoms with Crippen LogP contribution < -0.4 is 21.4 Å². The Labute approximate surface area is 175 Å². The van der Waals surface area contributed by atoms with E-state index in [-0.39, 0.29) is 25.1 Å². The number of halogens is 2. The first-order chi connectivity index (χ1) is 12.4. The maximum atomic E-state index is 10.5. The second-order valence-electron chi connectivity index (χ2n) is 4.65.